The van der Waals surface area contributed by atoms with Crippen molar-refractivity contribution >= 4 is 5.97 Å². The molecule has 0 N–H and O–H groups in total. The highest BCUT2D eigenvalue weighted by Crippen LogP contribution is 2.16. The molecule has 0 saturated carbocycles. The summed E-state index contributed by atoms with van der Waals surface area (Å²) in [6.45, 7) is 7.04. The third-order valence-corrected chi connectivity index (χ3v) is 2.79. The minimum absolute atomic E-state index is 0.0390. The Morgan fingerprint density at radius 2 is 1.87 bits per heavy atom. The van der Waals surface area contributed by atoms with Gasteiger partial charge >= 0.3 is 5.97 Å². The fourth-order valence-electron chi connectivity index (χ4n) is 1.66. The molecule has 0 aliphatic carbocycles. The van der Waals surface area contributed by atoms with E-state index in [2.05, 4.69) is 13.8 Å². The first-order valence-corrected chi connectivity index (χ1v) is 6.40. The van der Waals surface area contributed by atoms with Gasteiger partial charge in [0.05, 0.1) is 6.61 Å². The van der Waals surface area contributed by atoms with Crippen LogP contribution in [0.1, 0.15) is 65.7 Å². The molecule has 0 aliphatic rings. The molecule has 0 aliphatic heterocycles. The maximum Gasteiger partial charge on any atom is 0.305 e. The summed E-state index contributed by atoms with van der Waals surface area (Å²) in [7, 11) is 0. The van der Waals surface area contributed by atoms with Crippen molar-refractivity contribution in [2.45, 2.75) is 65.7 Å². The summed E-state index contributed by atoms with van der Waals surface area (Å²) in [5.41, 5.74) is 0. The molecular formula is C13H26O2. The molecule has 0 aromatic rings. The summed E-state index contributed by atoms with van der Waals surface area (Å²) in [6, 6.07) is 0. The Morgan fingerprint density at radius 3 is 2.40 bits per heavy atom. The van der Waals surface area contributed by atoms with Gasteiger partial charge in [-0.15, -0.1) is 0 Å². The summed E-state index contributed by atoms with van der Waals surface area (Å²) in [6.07, 6.45) is 7.50. The van der Waals surface area contributed by atoms with E-state index in [4.69, 9.17) is 4.74 Å². The molecule has 0 aromatic carbocycles. The summed E-state index contributed by atoms with van der Waals surface area (Å²) in [5, 5.41) is 0. The zero-order valence-corrected chi connectivity index (χ0v) is 10.6. The average Bonchev–Trinajstić information content (AvgIpc) is 2.23. The highest BCUT2D eigenvalue weighted by molar-refractivity contribution is 5.69. The second-order valence-corrected chi connectivity index (χ2v) is 4.18. The van der Waals surface area contributed by atoms with Gasteiger partial charge in [0.1, 0.15) is 0 Å². The van der Waals surface area contributed by atoms with Crippen molar-refractivity contribution in [1.82, 2.24) is 0 Å². The van der Waals surface area contributed by atoms with Crippen molar-refractivity contribution < 1.29 is 9.53 Å². The van der Waals surface area contributed by atoms with E-state index < -0.39 is 0 Å². The average molecular weight is 214 g/mol. The quantitative estimate of drug-likeness (QED) is 0.543. The Labute approximate surface area is 94.4 Å². The van der Waals surface area contributed by atoms with Crippen LogP contribution in [0.15, 0.2) is 0 Å². The molecule has 2 heteroatoms. The van der Waals surface area contributed by atoms with Crippen LogP contribution >= 0.6 is 0 Å². The summed E-state index contributed by atoms with van der Waals surface area (Å²) < 4.78 is 5.16. The lowest BCUT2D eigenvalue weighted by Gasteiger charge is -2.14. The van der Waals surface area contributed by atoms with Crippen molar-refractivity contribution in [1.29, 1.82) is 0 Å². The number of unbranched alkanes of at least 4 members (excludes halogenated alkanes) is 1. The van der Waals surface area contributed by atoms with E-state index in [-0.39, 0.29) is 5.97 Å². The molecule has 90 valence electrons. The van der Waals surface area contributed by atoms with Crippen molar-refractivity contribution in [3.05, 3.63) is 0 Å². The minimum Gasteiger partial charge on any atom is -0.466 e. The molecule has 0 bridgehead atoms. The molecule has 0 saturated heterocycles. The molecule has 0 fully saturated rings. The smallest absolute Gasteiger partial charge is 0.305 e. The van der Waals surface area contributed by atoms with Gasteiger partial charge in [-0.3, -0.25) is 4.79 Å². The molecule has 0 radical (unpaired) electrons. The van der Waals surface area contributed by atoms with Crippen molar-refractivity contribution in [3.63, 3.8) is 0 Å². The predicted molar refractivity (Wildman–Crippen MR) is 63.8 cm³/mol. The van der Waals surface area contributed by atoms with Gasteiger partial charge in [0.15, 0.2) is 0 Å². The van der Waals surface area contributed by atoms with Crippen LogP contribution in [0, 0.1) is 5.92 Å². The van der Waals surface area contributed by atoms with Crippen LogP contribution in [-0.4, -0.2) is 12.6 Å². The molecule has 0 rings (SSSR count). The first-order chi connectivity index (χ1) is 7.24. The van der Waals surface area contributed by atoms with Gasteiger partial charge < -0.3 is 4.74 Å². The van der Waals surface area contributed by atoms with Gasteiger partial charge in [-0.2, -0.15) is 0 Å². The van der Waals surface area contributed by atoms with Gasteiger partial charge in [-0.25, -0.2) is 0 Å². The van der Waals surface area contributed by atoms with Crippen molar-refractivity contribution in [2.24, 2.45) is 5.92 Å². The highest BCUT2D eigenvalue weighted by atomic mass is 16.5. The first kappa shape index (κ1) is 14.5. The zero-order chi connectivity index (χ0) is 11.5. The van der Waals surface area contributed by atoms with E-state index in [1.165, 1.54) is 25.7 Å². The largest absolute Gasteiger partial charge is 0.466 e. The molecule has 2 nitrogen and oxygen atoms in total. The van der Waals surface area contributed by atoms with E-state index in [0.717, 1.165) is 18.8 Å². The van der Waals surface area contributed by atoms with E-state index in [0.29, 0.717) is 13.0 Å². The molecular weight excluding hydrogens is 188 g/mol. The van der Waals surface area contributed by atoms with Crippen molar-refractivity contribution in [2.75, 3.05) is 6.61 Å². The Morgan fingerprint density at radius 1 is 1.13 bits per heavy atom. The lowest BCUT2D eigenvalue weighted by atomic mass is 9.96. The summed E-state index contributed by atoms with van der Waals surface area (Å²) in [5.74, 6) is 0.697. The summed E-state index contributed by atoms with van der Waals surface area (Å²) in [4.78, 5) is 11.1. The lowest BCUT2D eigenvalue weighted by molar-refractivity contribution is -0.144. The molecule has 0 heterocycles. The van der Waals surface area contributed by atoms with Crippen LogP contribution in [0.2, 0.25) is 0 Å². The van der Waals surface area contributed by atoms with Crippen LogP contribution in [0.3, 0.4) is 0 Å². The first-order valence-electron chi connectivity index (χ1n) is 6.40. The third kappa shape index (κ3) is 8.46. The molecule has 1 unspecified atom stereocenters. The molecule has 1 atom stereocenters. The second kappa shape index (κ2) is 10.0. The van der Waals surface area contributed by atoms with E-state index in [9.17, 15) is 4.79 Å². The maximum atomic E-state index is 11.1. The van der Waals surface area contributed by atoms with Crippen LogP contribution in [0.4, 0.5) is 0 Å². The van der Waals surface area contributed by atoms with Gasteiger partial charge in [0, 0.05) is 6.42 Å². The van der Waals surface area contributed by atoms with Gasteiger partial charge in [-0.1, -0.05) is 46.5 Å². The van der Waals surface area contributed by atoms with Gasteiger partial charge in [0.25, 0.3) is 0 Å². The topological polar surface area (TPSA) is 26.3 Å². The number of rotatable bonds is 9. The number of hydrogen-bond acceptors (Lipinski definition) is 2. The predicted octanol–water partition coefficient (Wildman–Crippen LogP) is 3.94. The number of ether oxygens (including phenoxy) is 1. The SMILES string of the molecule is CCCCC(CC)CCOC(=O)CCC. The van der Waals surface area contributed by atoms with E-state index in [1.54, 1.807) is 0 Å². The molecule has 15 heavy (non-hydrogen) atoms. The lowest BCUT2D eigenvalue weighted by Crippen LogP contribution is -2.09. The van der Waals surface area contributed by atoms with Crippen molar-refractivity contribution in [3.8, 4) is 0 Å². The van der Waals surface area contributed by atoms with Gasteiger partial charge in [0.2, 0.25) is 0 Å². The van der Waals surface area contributed by atoms with E-state index in [1.807, 2.05) is 6.92 Å². The standard InChI is InChI=1S/C13H26O2/c1-4-7-9-12(6-3)10-11-15-13(14)8-5-2/h12H,4-11H2,1-3H3. The fourth-order valence-corrected chi connectivity index (χ4v) is 1.66. The third-order valence-electron chi connectivity index (χ3n) is 2.79. The molecule has 0 amide bonds. The molecule has 0 aromatic heterocycles. The van der Waals surface area contributed by atoms with Crippen LogP contribution < -0.4 is 0 Å². The number of hydrogen-bond donors (Lipinski definition) is 0. The van der Waals surface area contributed by atoms with Crippen LogP contribution in [0.5, 0.6) is 0 Å². The number of esters is 1. The Bertz CT molecular complexity index is 155. The van der Waals surface area contributed by atoms with Crippen LogP contribution in [0.25, 0.3) is 0 Å². The number of carbonyl (C=O) groups excluding carboxylic acids is 1. The second-order valence-electron chi connectivity index (χ2n) is 4.18. The minimum atomic E-state index is -0.0390. The van der Waals surface area contributed by atoms with Gasteiger partial charge in [-0.05, 0) is 18.8 Å². The number of carbonyl (C=O) groups is 1. The monoisotopic (exact) mass is 214 g/mol. The molecule has 0 spiro atoms. The van der Waals surface area contributed by atoms with Crippen LogP contribution in [-0.2, 0) is 9.53 Å². The zero-order valence-electron chi connectivity index (χ0n) is 10.6. The van der Waals surface area contributed by atoms with E-state index >= 15 is 0 Å². The Balaban J connectivity index is 3.49. The maximum absolute atomic E-state index is 11.1. The normalized spacial score (nSPS) is 12.5. The Hall–Kier alpha value is -0.530. The fraction of sp³-hybridized carbons (Fsp3) is 0.923. The highest BCUT2D eigenvalue weighted by Gasteiger charge is 2.07. The summed E-state index contributed by atoms with van der Waals surface area (Å²) >= 11 is 0. The Kier molecular flexibility index (Phi) is 9.65.